The van der Waals surface area contributed by atoms with Crippen LogP contribution in [0.25, 0.3) is 0 Å². The lowest BCUT2D eigenvalue weighted by atomic mass is 10.1. The smallest absolute Gasteiger partial charge is 0.0564 e. The number of hydrogen-bond donors (Lipinski definition) is 1. The van der Waals surface area contributed by atoms with E-state index in [4.69, 9.17) is 10.5 Å². The van der Waals surface area contributed by atoms with Gasteiger partial charge in [0, 0.05) is 31.7 Å². The molecule has 4 heteroatoms. The first-order valence-corrected chi connectivity index (χ1v) is 6.52. The summed E-state index contributed by atoms with van der Waals surface area (Å²) in [5, 5.41) is 2.14. The Balaban J connectivity index is 2.57. The number of likely N-dealkylation sites (N-methyl/N-ethyl adjacent to an activating group) is 1. The predicted octanol–water partition coefficient (Wildman–Crippen LogP) is 2.02. The second-order valence-corrected chi connectivity index (χ2v) is 4.99. The molecule has 0 bridgehead atoms. The van der Waals surface area contributed by atoms with Gasteiger partial charge in [0.2, 0.25) is 0 Å². The van der Waals surface area contributed by atoms with Crippen molar-refractivity contribution in [2.45, 2.75) is 19.4 Å². The summed E-state index contributed by atoms with van der Waals surface area (Å²) in [5.41, 5.74) is 7.22. The van der Waals surface area contributed by atoms with Gasteiger partial charge < -0.3 is 10.5 Å². The third-order valence-electron chi connectivity index (χ3n) is 2.82. The second-order valence-electron chi connectivity index (χ2n) is 4.05. The number of hydrogen-bond acceptors (Lipinski definition) is 4. The lowest BCUT2D eigenvalue weighted by Gasteiger charge is -2.26. The number of methoxy groups -OCH3 is 1. The summed E-state index contributed by atoms with van der Waals surface area (Å²) < 4.78 is 5.06. The van der Waals surface area contributed by atoms with E-state index in [1.165, 1.54) is 10.4 Å². The van der Waals surface area contributed by atoms with Crippen molar-refractivity contribution in [2.24, 2.45) is 5.73 Å². The van der Waals surface area contributed by atoms with Gasteiger partial charge in [0.05, 0.1) is 6.04 Å². The Morgan fingerprint density at radius 3 is 2.81 bits per heavy atom. The zero-order valence-electron chi connectivity index (χ0n) is 10.4. The van der Waals surface area contributed by atoms with E-state index in [0.29, 0.717) is 12.6 Å². The van der Waals surface area contributed by atoms with Gasteiger partial charge in [0.25, 0.3) is 0 Å². The van der Waals surface area contributed by atoms with Gasteiger partial charge in [-0.2, -0.15) is 0 Å². The van der Waals surface area contributed by atoms with Gasteiger partial charge in [-0.05, 0) is 37.4 Å². The van der Waals surface area contributed by atoms with E-state index >= 15 is 0 Å². The van der Waals surface area contributed by atoms with E-state index in [1.54, 1.807) is 18.4 Å². The molecule has 0 saturated heterocycles. The van der Waals surface area contributed by atoms with Crippen LogP contribution in [0.3, 0.4) is 0 Å². The molecule has 16 heavy (non-hydrogen) atoms. The van der Waals surface area contributed by atoms with Crippen molar-refractivity contribution < 1.29 is 4.74 Å². The summed E-state index contributed by atoms with van der Waals surface area (Å²) in [6.07, 6.45) is 1.05. The SMILES string of the molecule is COCCCN(C)C(CN)c1sccc1C. The highest BCUT2D eigenvalue weighted by Gasteiger charge is 2.17. The zero-order chi connectivity index (χ0) is 12.0. The minimum atomic E-state index is 0.344. The highest BCUT2D eigenvalue weighted by atomic mass is 32.1. The first-order valence-electron chi connectivity index (χ1n) is 5.64. The van der Waals surface area contributed by atoms with Gasteiger partial charge in [-0.3, -0.25) is 4.90 Å². The van der Waals surface area contributed by atoms with Crippen molar-refractivity contribution in [1.29, 1.82) is 0 Å². The monoisotopic (exact) mass is 242 g/mol. The van der Waals surface area contributed by atoms with Crippen LogP contribution in [0.2, 0.25) is 0 Å². The van der Waals surface area contributed by atoms with Crippen LogP contribution >= 0.6 is 11.3 Å². The first-order chi connectivity index (χ1) is 7.70. The molecule has 0 spiro atoms. The molecular formula is C12H22N2OS. The van der Waals surface area contributed by atoms with Crippen molar-refractivity contribution in [1.82, 2.24) is 4.90 Å². The van der Waals surface area contributed by atoms with Crippen LogP contribution in [0.4, 0.5) is 0 Å². The highest BCUT2D eigenvalue weighted by Crippen LogP contribution is 2.27. The molecule has 1 atom stereocenters. The zero-order valence-corrected chi connectivity index (χ0v) is 11.2. The average Bonchev–Trinajstić information content (AvgIpc) is 2.67. The Morgan fingerprint density at radius 2 is 2.31 bits per heavy atom. The van der Waals surface area contributed by atoms with E-state index in [1.807, 2.05) is 0 Å². The topological polar surface area (TPSA) is 38.5 Å². The first kappa shape index (κ1) is 13.6. The maximum absolute atomic E-state index is 5.87. The van der Waals surface area contributed by atoms with Gasteiger partial charge in [-0.1, -0.05) is 0 Å². The maximum atomic E-state index is 5.87. The molecule has 0 aromatic carbocycles. The molecule has 0 aliphatic heterocycles. The van der Waals surface area contributed by atoms with Crippen LogP contribution in [0, 0.1) is 6.92 Å². The van der Waals surface area contributed by atoms with E-state index in [9.17, 15) is 0 Å². The van der Waals surface area contributed by atoms with Crippen molar-refractivity contribution in [2.75, 3.05) is 33.9 Å². The number of ether oxygens (including phenoxy) is 1. The molecule has 1 aromatic rings. The minimum Gasteiger partial charge on any atom is -0.385 e. The van der Waals surface area contributed by atoms with Gasteiger partial charge in [0.15, 0.2) is 0 Å². The lowest BCUT2D eigenvalue weighted by Crippen LogP contribution is -2.31. The molecule has 0 radical (unpaired) electrons. The molecule has 2 N–H and O–H groups in total. The van der Waals surface area contributed by atoms with Crippen molar-refractivity contribution in [3.63, 3.8) is 0 Å². The third-order valence-corrected chi connectivity index (χ3v) is 3.94. The fourth-order valence-corrected chi connectivity index (χ4v) is 2.93. The summed E-state index contributed by atoms with van der Waals surface area (Å²) in [6, 6.07) is 2.50. The number of aryl methyl sites for hydroxylation is 1. The quantitative estimate of drug-likeness (QED) is 0.744. The van der Waals surface area contributed by atoms with Gasteiger partial charge in [-0.25, -0.2) is 0 Å². The molecule has 1 aromatic heterocycles. The fourth-order valence-electron chi connectivity index (χ4n) is 1.83. The maximum Gasteiger partial charge on any atom is 0.0564 e. The highest BCUT2D eigenvalue weighted by molar-refractivity contribution is 7.10. The molecule has 0 fully saturated rings. The molecule has 0 aliphatic rings. The minimum absolute atomic E-state index is 0.344. The van der Waals surface area contributed by atoms with Crippen LogP contribution in [0.1, 0.15) is 22.9 Å². The molecule has 0 aliphatic carbocycles. The van der Waals surface area contributed by atoms with Crippen LogP contribution < -0.4 is 5.73 Å². The van der Waals surface area contributed by atoms with E-state index in [2.05, 4.69) is 30.3 Å². The summed E-state index contributed by atoms with van der Waals surface area (Å²) >= 11 is 1.80. The number of nitrogens with zero attached hydrogens (tertiary/aromatic N) is 1. The summed E-state index contributed by atoms with van der Waals surface area (Å²) in [5.74, 6) is 0. The molecule has 92 valence electrons. The third kappa shape index (κ3) is 3.56. The molecule has 3 nitrogen and oxygen atoms in total. The van der Waals surface area contributed by atoms with Crippen LogP contribution in [-0.4, -0.2) is 38.8 Å². The van der Waals surface area contributed by atoms with Gasteiger partial charge >= 0.3 is 0 Å². The average molecular weight is 242 g/mol. The fraction of sp³-hybridized carbons (Fsp3) is 0.667. The lowest BCUT2D eigenvalue weighted by molar-refractivity contribution is 0.167. The molecule has 1 unspecified atom stereocenters. The van der Waals surface area contributed by atoms with Gasteiger partial charge in [0.1, 0.15) is 0 Å². The molecular weight excluding hydrogens is 220 g/mol. The molecule has 1 rings (SSSR count). The largest absolute Gasteiger partial charge is 0.385 e. The van der Waals surface area contributed by atoms with Crippen LogP contribution in [0.15, 0.2) is 11.4 Å². The number of nitrogens with two attached hydrogens (primary N) is 1. The number of rotatable bonds is 7. The van der Waals surface area contributed by atoms with Crippen molar-refractivity contribution >= 4 is 11.3 Å². The summed E-state index contributed by atoms with van der Waals surface area (Å²) in [4.78, 5) is 3.71. The Bertz CT molecular complexity index is 301. The Hall–Kier alpha value is -0.420. The van der Waals surface area contributed by atoms with E-state index in [0.717, 1.165) is 19.6 Å². The molecule has 1 heterocycles. The standard InChI is InChI=1S/C12H22N2OS/c1-10-5-8-16-12(10)11(9-13)14(2)6-4-7-15-3/h5,8,11H,4,6-7,9,13H2,1-3H3. The second kappa shape index (κ2) is 7.01. The van der Waals surface area contributed by atoms with Crippen LogP contribution in [0.5, 0.6) is 0 Å². The van der Waals surface area contributed by atoms with Crippen molar-refractivity contribution in [3.8, 4) is 0 Å². The van der Waals surface area contributed by atoms with Gasteiger partial charge in [-0.15, -0.1) is 11.3 Å². The normalized spacial score (nSPS) is 13.3. The summed E-state index contributed by atoms with van der Waals surface area (Å²) in [6.45, 7) is 4.65. The summed E-state index contributed by atoms with van der Waals surface area (Å²) in [7, 11) is 3.87. The Morgan fingerprint density at radius 1 is 1.56 bits per heavy atom. The Kier molecular flexibility index (Phi) is 5.98. The van der Waals surface area contributed by atoms with E-state index < -0.39 is 0 Å². The van der Waals surface area contributed by atoms with Crippen LogP contribution in [-0.2, 0) is 4.74 Å². The predicted molar refractivity (Wildman–Crippen MR) is 70.0 cm³/mol. The number of thiophene rings is 1. The van der Waals surface area contributed by atoms with Crippen molar-refractivity contribution in [3.05, 3.63) is 21.9 Å². The van der Waals surface area contributed by atoms with E-state index in [-0.39, 0.29) is 0 Å². The molecule has 0 saturated carbocycles. The molecule has 0 amide bonds. The Labute approximate surface area is 102 Å².